The van der Waals surface area contributed by atoms with Crippen LogP contribution in [-0.4, -0.2) is 90.0 Å². The van der Waals surface area contributed by atoms with Gasteiger partial charge in [-0.2, -0.15) is 5.10 Å². The molecule has 10 nitrogen and oxygen atoms in total. The maximum atomic E-state index is 12.9. The Morgan fingerprint density at radius 1 is 0.976 bits per heavy atom. The molecular weight excluding hydrogens is 516 g/mol. The van der Waals surface area contributed by atoms with Crippen LogP contribution in [0.4, 0.5) is 11.5 Å². The molecule has 1 N–H and O–H groups in total. The van der Waals surface area contributed by atoms with Crippen LogP contribution < -0.4 is 19.9 Å². The summed E-state index contributed by atoms with van der Waals surface area (Å²) >= 11 is 0. The van der Waals surface area contributed by atoms with E-state index in [1.807, 2.05) is 59.4 Å². The number of hydrogen-bond acceptors (Lipinski definition) is 8. The van der Waals surface area contributed by atoms with E-state index in [0.717, 1.165) is 92.6 Å². The quantitative estimate of drug-likeness (QED) is 0.262. The van der Waals surface area contributed by atoms with Crippen LogP contribution in [0.15, 0.2) is 61.1 Å². The summed E-state index contributed by atoms with van der Waals surface area (Å²) in [6.45, 7) is 11.3. The number of unbranched alkanes of at least 4 members (excludes halogenated alkanes) is 1. The van der Waals surface area contributed by atoms with Crippen LogP contribution in [0.3, 0.4) is 0 Å². The van der Waals surface area contributed by atoms with E-state index < -0.39 is 0 Å². The molecule has 0 unspecified atom stereocenters. The third kappa shape index (κ3) is 6.43. The van der Waals surface area contributed by atoms with Crippen LogP contribution in [0, 0.1) is 0 Å². The van der Waals surface area contributed by atoms with E-state index >= 15 is 0 Å². The molecule has 4 aromatic rings. The Kier molecular flexibility index (Phi) is 9.30. The van der Waals surface area contributed by atoms with Gasteiger partial charge in [-0.1, -0.05) is 32.0 Å². The van der Waals surface area contributed by atoms with Gasteiger partial charge in [0.25, 0.3) is 5.91 Å². The van der Waals surface area contributed by atoms with Crippen LogP contribution in [-0.2, 0) is 0 Å². The van der Waals surface area contributed by atoms with E-state index in [-0.39, 0.29) is 5.91 Å². The van der Waals surface area contributed by atoms with E-state index in [1.165, 1.54) is 0 Å². The Bertz CT molecular complexity index is 1430. The minimum Gasteiger partial charge on any atom is -0.495 e. The Hall–Kier alpha value is -4.18. The molecule has 1 aliphatic rings. The zero-order chi connectivity index (χ0) is 28.6. The van der Waals surface area contributed by atoms with E-state index in [4.69, 9.17) is 4.74 Å². The van der Waals surface area contributed by atoms with Gasteiger partial charge in [-0.05, 0) is 62.8 Å². The van der Waals surface area contributed by atoms with Gasteiger partial charge in [0.1, 0.15) is 17.9 Å². The van der Waals surface area contributed by atoms with Gasteiger partial charge in [0.2, 0.25) is 0 Å². The SMILES string of the molecule is CCN(CC)CCCCNC(=O)c1ccc(OC)c(N2CCN(c3ncnc4c3cnn4-c3ccccc3)CC2)c1. The Labute approximate surface area is 241 Å². The molecule has 0 aliphatic carbocycles. The number of piperazine rings is 1. The lowest BCUT2D eigenvalue weighted by Gasteiger charge is -2.37. The first-order chi connectivity index (χ1) is 20.1. The molecule has 1 fully saturated rings. The highest BCUT2D eigenvalue weighted by Crippen LogP contribution is 2.32. The van der Waals surface area contributed by atoms with Crippen LogP contribution in [0.25, 0.3) is 16.7 Å². The van der Waals surface area contributed by atoms with Crippen molar-refractivity contribution >= 4 is 28.4 Å². The number of nitrogens with one attached hydrogen (secondary N) is 1. The summed E-state index contributed by atoms with van der Waals surface area (Å²) < 4.78 is 7.53. The van der Waals surface area contributed by atoms with E-state index in [1.54, 1.807) is 13.4 Å². The summed E-state index contributed by atoms with van der Waals surface area (Å²) in [6, 6.07) is 15.7. The number of methoxy groups -OCH3 is 1. The second-order valence-corrected chi connectivity index (χ2v) is 10.2. The highest BCUT2D eigenvalue weighted by Gasteiger charge is 2.24. The predicted octanol–water partition coefficient (Wildman–Crippen LogP) is 4.00. The molecule has 1 saturated heterocycles. The first kappa shape index (κ1) is 28.4. The molecule has 0 bridgehead atoms. The van der Waals surface area contributed by atoms with Crippen molar-refractivity contribution in [3.63, 3.8) is 0 Å². The lowest BCUT2D eigenvalue weighted by molar-refractivity contribution is 0.0952. The number of amides is 1. The zero-order valence-corrected chi connectivity index (χ0v) is 24.3. The average Bonchev–Trinajstić information content (AvgIpc) is 3.47. The summed E-state index contributed by atoms with van der Waals surface area (Å²) in [5.74, 6) is 1.61. The van der Waals surface area contributed by atoms with Crippen LogP contribution >= 0.6 is 0 Å². The highest BCUT2D eigenvalue weighted by atomic mass is 16.5. The normalized spacial score (nSPS) is 13.7. The zero-order valence-electron chi connectivity index (χ0n) is 24.3. The van der Waals surface area contributed by atoms with Crippen LogP contribution in [0.2, 0.25) is 0 Å². The van der Waals surface area contributed by atoms with Gasteiger partial charge >= 0.3 is 0 Å². The van der Waals surface area contributed by atoms with Crippen molar-refractivity contribution in [2.75, 3.05) is 69.3 Å². The first-order valence-electron chi connectivity index (χ1n) is 14.6. The Morgan fingerprint density at radius 3 is 2.46 bits per heavy atom. The predicted molar refractivity (Wildman–Crippen MR) is 163 cm³/mol. The molecule has 216 valence electrons. The molecule has 1 aliphatic heterocycles. The molecule has 2 aromatic carbocycles. The van der Waals surface area contributed by atoms with Crippen molar-refractivity contribution < 1.29 is 9.53 Å². The van der Waals surface area contributed by atoms with E-state index in [2.05, 4.69) is 48.9 Å². The molecule has 41 heavy (non-hydrogen) atoms. The molecule has 2 aromatic heterocycles. The van der Waals surface area contributed by atoms with Crippen molar-refractivity contribution in [3.8, 4) is 11.4 Å². The summed E-state index contributed by atoms with van der Waals surface area (Å²) in [4.78, 5) is 29.1. The molecule has 0 spiro atoms. The number of aromatic nitrogens is 4. The van der Waals surface area contributed by atoms with Gasteiger partial charge in [0, 0.05) is 38.3 Å². The largest absolute Gasteiger partial charge is 0.495 e. The minimum atomic E-state index is -0.0471. The van der Waals surface area contributed by atoms with Crippen molar-refractivity contribution in [2.45, 2.75) is 26.7 Å². The number of ether oxygens (including phenoxy) is 1. The number of fused-ring (bicyclic) bond motifs is 1. The van der Waals surface area contributed by atoms with Crippen molar-refractivity contribution in [2.24, 2.45) is 0 Å². The van der Waals surface area contributed by atoms with Gasteiger partial charge in [-0.25, -0.2) is 14.6 Å². The number of carbonyl (C=O) groups excluding carboxylic acids is 1. The molecule has 0 radical (unpaired) electrons. The van der Waals surface area contributed by atoms with Gasteiger partial charge in [-0.3, -0.25) is 4.79 Å². The van der Waals surface area contributed by atoms with Crippen molar-refractivity contribution in [3.05, 3.63) is 66.6 Å². The third-order valence-electron chi connectivity index (χ3n) is 7.79. The number of hydrogen-bond donors (Lipinski definition) is 1. The van der Waals surface area contributed by atoms with Crippen LogP contribution in [0.5, 0.6) is 5.75 Å². The number of nitrogens with zero attached hydrogens (tertiary/aromatic N) is 7. The monoisotopic (exact) mass is 556 g/mol. The number of carbonyl (C=O) groups is 1. The molecule has 1 amide bonds. The summed E-state index contributed by atoms with van der Waals surface area (Å²) in [6.07, 6.45) is 5.50. The third-order valence-corrected chi connectivity index (χ3v) is 7.79. The average molecular weight is 557 g/mol. The van der Waals surface area contributed by atoms with Crippen molar-refractivity contribution in [1.29, 1.82) is 0 Å². The molecule has 0 saturated carbocycles. The lowest BCUT2D eigenvalue weighted by atomic mass is 10.1. The molecule has 3 heterocycles. The summed E-state index contributed by atoms with van der Waals surface area (Å²) in [7, 11) is 1.67. The van der Waals surface area contributed by atoms with Gasteiger partial charge in [0.15, 0.2) is 5.65 Å². The second-order valence-electron chi connectivity index (χ2n) is 10.2. The smallest absolute Gasteiger partial charge is 0.251 e. The fourth-order valence-electron chi connectivity index (χ4n) is 5.38. The van der Waals surface area contributed by atoms with Gasteiger partial charge in [0.05, 0.1) is 30.1 Å². The number of rotatable bonds is 12. The van der Waals surface area contributed by atoms with Gasteiger partial charge < -0.3 is 24.8 Å². The summed E-state index contributed by atoms with van der Waals surface area (Å²) in [5.41, 5.74) is 3.34. The minimum absolute atomic E-state index is 0.0471. The van der Waals surface area contributed by atoms with Crippen LogP contribution in [0.1, 0.15) is 37.0 Å². The first-order valence-corrected chi connectivity index (χ1v) is 14.6. The fraction of sp³-hybridized carbons (Fsp3) is 0.419. The van der Waals surface area contributed by atoms with E-state index in [9.17, 15) is 4.79 Å². The lowest BCUT2D eigenvalue weighted by Crippen LogP contribution is -2.47. The fourth-order valence-corrected chi connectivity index (χ4v) is 5.38. The van der Waals surface area contributed by atoms with Gasteiger partial charge in [-0.15, -0.1) is 0 Å². The number of anilines is 2. The maximum Gasteiger partial charge on any atom is 0.251 e. The summed E-state index contributed by atoms with van der Waals surface area (Å²) in [5, 5.41) is 8.62. The number of benzene rings is 2. The maximum absolute atomic E-state index is 12.9. The molecular formula is C31H40N8O2. The Morgan fingerprint density at radius 2 is 1.73 bits per heavy atom. The molecule has 10 heteroatoms. The molecule has 0 atom stereocenters. The molecule has 5 rings (SSSR count). The topological polar surface area (TPSA) is 91.7 Å². The van der Waals surface area contributed by atoms with Crippen molar-refractivity contribution in [1.82, 2.24) is 30.0 Å². The Balaban J connectivity index is 1.23. The highest BCUT2D eigenvalue weighted by molar-refractivity contribution is 5.95. The second kappa shape index (κ2) is 13.5. The van der Waals surface area contributed by atoms with E-state index in [0.29, 0.717) is 12.1 Å². The number of para-hydroxylation sites is 1. The standard InChI is InChI=1S/C31H40N8O2/c1-4-36(5-2)16-10-9-15-32-31(40)24-13-14-28(41-3)27(21-24)37-17-19-38(20-18-37)29-26-22-35-39(30(26)34-23-33-29)25-11-7-6-8-12-25/h6-8,11-14,21-23H,4-5,9-10,15-20H2,1-3H3,(H,32,40).